The van der Waals surface area contributed by atoms with Crippen molar-refractivity contribution in [3.05, 3.63) is 71.5 Å². The zero-order chi connectivity index (χ0) is 20.8. The van der Waals surface area contributed by atoms with Gasteiger partial charge in [-0.05, 0) is 64.6 Å². The Morgan fingerprint density at radius 2 is 1.45 bits per heavy atom. The van der Waals surface area contributed by atoms with Crippen molar-refractivity contribution in [3.63, 3.8) is 0 Å². The Kier molecular flexibility index (Phi) is 4.65. The van der Waals surface area contributed by atoms with Gasteiger partial charge < -0.3 is 9.15 Å². The summed E-state index contributed by atoms with van der Waals surface area (Å²) in [6, 6.07) is 16.2. The third kappa shape index (κ3) is 3.50. The number of benzene rings is 2. The second-order valence-electron chi connectivity index (χ2n) is 9.30. The lowest BCUT2D eigenvalue weighted by Crippen LogP contribution is -2.33. The van der Waals surface area contributed by atoms with Crippen molar-refractivity contribution in [1.29, 1.82) is 0 Å². The van der Waals surface area contributed by atoms with E-state index in [9.17, 15) is 4.79 Å². The summed E-state index contributed by atoms with van der Waals surface area (Å²) in [7, 11) is 1.39. The molecule has 1 aliphatic carbocycles. The molecule has 0 spiro atoms. The van der Waals surface area contributed by atoms with Crippen LogP contribution in [0.4, 0.5) is 0 Å². The molecule has 0 radical (unpaired) electrons. The molecule has 0 N–H and O–H groups in total. The number of carbonyl (C=O) groups is 1. The minimum Gasteiger partial charge on any atom is -0.465 e. The molecule has 0 saturated heterocycles. The third-order valence-corrected chi connectivity index (χ3v) is 6.38. The van der Waals surface area contributed by atoms with Gasteiger partial charge in [0.1, 0.15) is 5.76 Å². The van der Waals surface area contributed by atoms with Crippen LogP contribution in [0.1, 0.15) is 62.0 Å². The van der Waals surface area contributed by atoms with Gasteiger partial charge >= 0.3 is 5.97 Å². The first-order valence-electron chi connectivity index (χ1n) is 10.1. The Balaban J connectivity index is 1.68. The van der Waals surface area contributed by atoms with Gasteiger partial charge in [0.15, 0.2) is 0 Å². The molecule has 0 saturated carbocycles. The summed E-state index contributed by atoms with van der Waals surface area (Å²) < 4.78 is 10.7. The van der Waals surface area contributed by atoms with Crippen molar-refractivity contribution in [2.75, 3.05) is 7.11 Å². The van der Waals surface area contributed by atoms with E-state index in [-0.39, 0.29) is 16.8 Å². The van der Waals surface area contributed by atoms with Gasteiger partial charge in [0.25, 0.3) is 0 Å². The van der Waals surface area contributed by atoms with Crippen molar-refractivity contribution < 1.29 is 13.9 Å². The van der Waals surface area contributed by atoms with Crippen LogP contribution in [0.15, 0.2) is 59.2 Å². The van der Waals surface area contributed by atoms with Crippen molar-refractivity contribution in [1.82, 2.24) is 0 Å². The molecule has 1 heterocycles. The van der Waals surface area contributed by atoms with Gasteiger partial charge in [-0.2, -0.15) is 0 Å². The lowest BCUT2D eigenvalue weighted by atomic mass is 9.63. The number of fused-ring (bicyclic) bond motifs is 1. The monoisotopic (exact) mass is 388 g/mol. The predicted molar refractivity (Wildman–Crippen MR) is 116 cm³/mol. The van der Waals surface area contributed by atoms with E-state index in [1.165, 1.54) is 31.1 Å². The van der Waals surface area contributed by atoms with Crippen LogP contribution in [-0.2, 0) is 15.6 Å². The maximum absolute atomic E-state index is 11.6. The molecule has 0 atom stereocenters. The van der Waals surface area contributed by atoms with Crippen molar-refractivity contribution in [2.45, 2.75) is 51.4 Å². The zero-order valence-corrected chi connectivity index (χ0v) is 17.8. The molecule has 3 aromatic rings. The van der Waals surface area contributed by atoms with Crippen molar-refractivity contribution in [3.8, 4) is 22.5 Å². The third-order valence-electron chi connectivity index (χ3n) is 6.38. The van der Waals surface area contributed by atoms with E-state index in [0.29, 0.717) is 5.56 Å². The largest absolute Gasteiger partial charge is 0.465 e. The number of carbonyl (C=O) groups excluding carboxylic acids is 1. The molecule has 0 bridgehead atoms. The fourth-order valence-corrected chi connectivity index (χ4v) is 4.30. The Morgan fingerprint density at radius 3 is 2.10 bits per heavy atom. The fraction of sp³-hybridized carbons (Fsp3) is 0.346. The van der Waals surface area contributed by atoms with Gasteiger partial charge in [0, 0.05) is 11.1 Å². The highest BCUT2D eigenvalue weighted by Crippen LogP contribution is 2.47. The molecule has 0 unspecified atom stereocenters. The van der Waals surface area contributed by atoms with E-state index in [4.69, 9.17) is 9.15 Å². The molecule has 4 rings (SSSR count). The first-order valence-corrected chi connectivity index (χ1v) is 10.1. The molecular weight excluding hydrogens is 360 g/mol. The highest BCUT2D eigenvalue weighted by atomic mass is 16.5. The van der Waals surface area contributed by atoms with Gasteiger partial charge in [-0.15, -0.1) is 0 Å². The normalized spacial score (nSPS) is 16.9. The average Bonchev–Trinajstić information content (AvgIpc) is 3.21. The summed E-state index contributed by atoms with van der Waals surface area (Å²) in [4.78, 5) is 11.6. The van der Waals surface area contributed by atoms with Gasteiger partial charge in [-0.1, -0.05) is 52.0 Å². The molecule has 2 aromatic carbocycles. The quantitative estimate of drug-likeness (QED) is 0.466. The van der Waals surface area contributed by atoms with Gasteiger partial charge in [-0.25, -0.2) is 4.79 Å². The Morgan fingerprint density at radius 1 is 0.828 bits per heavy atom. The van der Waals surface area contributed by atoms with Crippen LogP contribution in [0.3, 0.4) is 0 Å². The number of hydrogen-bond donors (Lipinski definition) is 0. The van der Waals surface area contributed by atoms with Crippen LogP contribution in [0, 0.1) is 0 Å². The maximum atomic E-state index is 11.6. The van der Waals surface area contributed by atoms with Crippen molar-refractivity contribution >= 4 is 5.97 Å². The Bertz CT molecular complexity index is 1050. The number of methoxy groups -OCH3 is 1. The SMILES string of the molecule is COC(=O)c1ccc(-c2coc(-c3ccc4c(c3)C(C)(C)CCC4(C)C)c2)cc1. The van der Waals surface area contributed by atoms with E-state index in [0.717, 1.165) is 22.5 Å². The molecular formula is C26H28O3. The molecule has 150 valence electrons. The molecule has 1 aliphatic rings. The second-order valence-corrected chi connectivity index (χ2v) is 9.30. The van der Waals surface area contributed by atoms with E-state index < -0.39 is 0 Å². The van der Waals surface area contributed by atoms with Crippen LogP contribution < -0.4 is 0 Å². The van der Waals surface area contributed by atoms with Crippen LogP contribution >= 0.6 is 0 Å². The van der Waals surface area contributed by atoms with E-state index in [2.05, 4.69) is 52.0 Å². The molecule has 29 heavy (non-hydrogen) atoms. The summed E-state index contributed by atoms with van der Waals surface area (Å²) in [6.07, 6.45) is 4.17. The van der Waals surface area contributed by atoms with E-state index in [1.54, 1.807) is 18.4 Å². The van der Waals surface area contributed by atoms with Crippen LogP contribution in [0.5, 0.6) is 0 Å². The summed E-state index contributed by atoms with van der Waals surface area (Å²) in [5, 5.41) is 0. The van der Waals surface area contributed by atoms with Gasteiger partial charge in [-0.3, -0.25) is 0 Å². The van der Waals surface area contributed by atoms with Crippen molar-refractivity contribution in [2.24, 2.45) is 0 Å². The first kappa shape index (κ1) is 19.5. The molecule has 3 nitrogen and oxygen atoms in total. The van der Waals surface area contributed by atoms with Crippen LogP contribution in [0.2, 0.25) is 0 Å². The Labute approximate surface area is 172 Å². The average molecular weight is 389 g/mol. The van der Waals surface area contributed by atoms with Crippen LogP contribution in [-0.4, -0.2) is 13.1 Å². The number of esters is 1. The smallest absolute Gasteiger partial charge is 0.337 e. The number of rotatable bonds is 3. The highest BCUT2D eigenvalue weighted by molar-refractivity contribution is 5.90. The van der Waals surface area contributed by atoms with E-state index in [1.807, 2.05) is 12.1 Å². The first-order chi connectivity index (χ1) is 13.7. The predicted octanol–water partition coefficient (Wildman–Crippen LogP) is 6.75. The molecule has 0 aliphatic heterocycles. The summed E-state index contributed by atoms with van der Waals surface area (Å²) in [5.41, 5.74) is 6.89. The summed E-state index contributed by atoms with van der Waals surface area (Å²) in [6.45, 7) is 9.34. The minimum absolute atomic E-state index is 0.167. The number of ether oxygens (including phenoxy) is 1. The van der Waals surface area contributed by atoms with Crippen LogP contribution in [0.25, 0.3) is 22.5 Å². The lowest BCUT2D eigenvalue weighted by molar-refractivity contribution is 0.0601. The standard InChI is InChI=1S/C26H28O3/c1-25(2)12-13-26(3,4)22-14-19(10-11-21(22)25)23-15-20(16-29-23)17-6-8-18(9-7-17)24(27)28-5/h6-11,14-16H,12-13H2,1-5H3. The minimum atomic E-state index is -0.330. The molecule has 1 aromatic heterocycles. The molecule has 0 amide bonds. The lowest BCUT2D eigenvalue weighted by Gasteiger charge is -2.42. The maximum Gasteiger partial charge on any atom is 0.337 e. The van der Waals surface area contributed by atoms with Gasteiger partial charge in [0.2, 0.25) is 0 Å². The summed E-state index contributed by atoms with van der Waals surface area (Å²) in [5.74, 6) is 0.531. The second kappa shape index (κ2) is 6.91. The molecule has 3 heteroatoms. The number of furan rings is 1. The topological polar surface area (TPSA) is 39.4 Å². The highest BCUT2D eigenvalue weighted by Gasteiger charge is 2.37. The Hall–Kier alpha value is -2.81. The van der Waals surface area contributed by atoms with Gasteiger partial charge in [0.05, 0.1) is 18.9 Å². The fourth-order valence-electron chi connectivity index (χ4n) is 4.30. The zero-order valence-electron chi connectivity index (χ0n) is 17.8. The summed E-state index contributed by atoms with van der Waals surface area (Å²) >= 11 is 0. The van der Waals surface area contributed by atoms with E-state index >= 15 is 0 Å². The molecule has 0 fully saturated rings. The number of hydrogen-bond acceptors (Lipinski definition) is 3.